The normalized spacial score (nSPS) is 11.7. The monoisotopic (exact) mass is 379 g/mol. The molecule has 9 nitrogen and oxygen atoms in total. The summed E-state index contributed by atoms with van der Waals surface area (Å²) in [6, 6.07) is 0. The standard InChI is InChI=1S/C16H25N7O2S/c1-5-17-16(19-7-14-20-13(10-26-14)11(2)3)18-6-12-8-23(22-21-12)9-15(24)25-4/h8,10-11H,5-7,9H2,1-4H3,(H2,17,18,19). The third-order valence-electron chi connectivity index (χ3n) is 3.42. The molecule has 2 aromatic heterocycles. The molecule has 0 aliphatic heterocycles. The first-order valence-electron chi connectivity index (χ1n) is 8.44. The molecule has 2 rings (SSSR count). The maximum atomic E-state index is 11.2. The van der Waals surface area contributed by atoms with E-state index in [1.165, 1.54) is 11.8 Å². The van der Waals surface area contributed by atoms with E-state index in [2.05, 4.69) is 54.9 Å². The fraction of sp³-hybridized carbons (Fsp3) is 0.562. The topological polar surface area (TPSA) is 106 Å². The van der Waals surface area contributed by atoms with Gasteiger partial charge in [-0.25, -0.2) is 14.7 Å². The largest absolute Gasteiger partial charge is 0.468 e. The summed E-state index contributed by atoms with van der Waals surface area (Å²) in [5.74, 6) is 0.731. The van der Waals surface area contributed by atoms with Gasteiger partial charge in [0.25, 0.3) is 0 Å². The van der Waals surface area contributed by atoms with Crippen molar-refractivity contribution in [2.24, 2.45) is 4.99 Å². The van der Waals surface area contributed by atoms with Gasteiger partial charge < -0.3 is 15.4 Å². The number of carbonyl (C=O) groups excluding carboxylic acids is 1. The minimum atomic E-state index is -0.371. The molecule has 0 atom stereocenters. The Morgan fingerprint density at radius 2 is 2.23 bits per heavy atom. The molecule has 10 heteroatoms. The predicted octanol–water partition coefficient (Wildman–Crippen LogP) is 1.29. The quantitative estimate of drug-likeness (QED) is 0.404. The Morgan fingerprint density at radius 3 is 2.88 bits per heavy atom. The highest BCUT2D eigenvalue weighted by molar-refractivity contribution is 7.09. The lowest BCUT2D eigenvalue weighted by Gasteiger charge is -2.09. The first-order chi connectivity index (χ1) is 12.5. The van der Waals surface area contributed by atoms with Crippen molar-refractivity contribution in [3.8, 4) is 0 Å². The van der Waals surface area contributed by atoms with Crippen molar-refractivity contribution in [1.82, 2.24) is 30.6 Å². The summed E-state index contributed by atoms with van der Waals surface area (Å²) < 4.78 is 6.03. The van der Waals surface area contributed by atoms with E-state index in [1.807, 2.05) is 6.92 Å². The van der Waals surface area contributed by atoms with E-state index >= 15 is 0 Å². The molecule has 2 N–H and O–H groups in total. The summed E-state index contributed by atoms with van der Waals surface area (Å²) >= 11 is 1.64. The second kappa shape index (κ2) is 9.85. The third kappa shape index (κ3) is 6.10. The van der Waals surface area contributed by atoms with Crippen molar-refractivity contribution >= 4 is 23.3 Å². The van der Waals surface area contributed by atoms with Gasteiger partial charge in [-0.3, -0.25) is 4.79 Å². The number of aromatic nitrogens is 4. The van der Waals surface area contributed by atoms with Crippen LogP contribution in [0.5, 0.6) is 0 Å². The van der Waals surface area contributed by atoms with E-state index in [0.717, 1.165) is 17.2 Å². The second-order valence-electron chi connectivity index (χ2n) is 5.85. The van der Waals surface area contributed by atoms with E-state index < -0.39 is 0 Å². The molecule has 0 unspecified atom stereocenters. The van der Waals surface area contributed by atoms with Gasteiger partial charge in [-0.15, -0.1) is 16.4 Å². The van der Waals surface area contributed by atoms with E-state index in [-0.39, 0.29) is 12.5 Å². The fourth-order valence-electron chi connectivity index (χ4n) is 2.02. The van der Waals surface area contributed by atoms with Crippen LogP contribution in [0, 0.1) is 0 Å². The van der Waals surface area contributed by atoms with Crippen LogP contribution in [-0.2, 0) is 29.2 Å². The number of esters is 1. The van der Waals surface area contributed by atoms with Gasteiger partial charge in [0.1, 0.15) is 17.2 Å². The first kappa shape index (κ1) is 19.8. The van der Waals surface area contributed by atoms with Gasteiger partial charge in [-0.1, -0.05) is 19.1 Å². The molecular formula is C16H25N7O2S. The van der Waals surface area contributed by atoms with Gasteiger partial charge in [-0.05, 0) is 12.8 Å². The number of rotatable bonds is 8. The minimum absolute atomic E-state index is 0.0355. The van der Waals surface area contributed by atoms with Crippen LogP contribution in [0.25, 0.3) is 0 Å². The molecule has 0 aliphatic carbocycles. The zero-order chi connectivity index (χ0) is 18.9. The summed E-state index contributed by atoms with van der Waals surface area (Å²) in [6.45, 7) is 8.01. The lowest BCUT2D eigenvalue weighted by Crippen LogP contribution is -2.36. The summed E-state index contributed by atoms with van der Waals surface area (Å²) in [4.78, 5) is 20.3. The molecule has 2 heterocycles. The van der Waals surface area contributed by atoms with Crippen LogP contribution in [0.15, 0.2) is 16.6 Å². The van der Waals surface area contributed by atoms with Crippen molar-refractivity contribution in [1.29, 1.82) is 0 Å². The molecule has 0 aliphatic rings. The van der Waals surface area contributed by atoms with Crippen molar-refractivity contribution in [3.63, 3.8) is 0 Å². The Hall–Kier alpha value is -2.49. The van der Waals surface area contributed by atoms with Crippen LogP contribution in [0.2, 0.25) is 0 Å². The van der Waals surface area contributed by atoms with Gasteiger partial charge in [0.05, 0.1) is 32.1 Å². The number of thiazole rings is 1. The minimum Gasteiger partial charge on any atom is -0.468 e. The molecular weight excluding hydrogens is 354 g/mol. The van der Waals surface area contributed by atoms with Gasteiger partial charge in [0.15, 0.2) is 5.96 Å². The van der Waals surface area contributed by atoms with Crippen molar-refractivity contribution in [2.75, 3.05) is 13.7 Å². The maximum Gasteiger partial charge on any atom is 0.327 e. The van der Waals surface area contributed by atoms with Crippen molar-refractivity contribution < 1.29 is 9.53 Å². The number of nitrogens with one attached hydrogen (secondary N) is 2. The average molecular weight is 379 g/mol. The third-order valence-corrected chi connectivity index (χ3v) is 4.28. The lowest BCUT2D eigenvalue weighted by molar-refractivity contribution is -0.141. The van der Waals surface area contributed by atoms with Crippen molar-refractivity contribution in [3.05, 3.63) is 28.0 Å². The molecule has 0 saturated carbocycles. The smallest absolute Gasteiger partial charge is 0.327 e. The van der Waals surface area contributed by atoms with E-state index in [9.17, 15) is 4.79 Å². The molecule has 0 bridgehead atoms. The molecule has 0 aromatic carbocycles. The molecule has 142 valence electrons. The summed E-state index contributed by atoms with van der Waals surface area (Å²) in [5.41, 5.74) is 1.78. The molecule has 0 radical (unpaired) electrons. The Kier molecular flexibility index (Phi) is 7.52. The summed E-state index contributed by atoms with van der Waals surface area (Å²) in [6.07, 6.45) is 1.68. The number of hydrogen-bond donors (Lipinski definition) is 2. The number of ether oxygens (including phenoxy) is 1. The zero-order valence-corrected chi connectivity index (χ0v) is 16.3. The maximum absolute atomic E-state index is 11.2. The van der Waals surface area contributed by atoms with Crippen molar-refractivity contribution in [2.45, 2.75) is 46.3 Å². The molecule has 26 heavy (non-hydrogen) atoms. The van der Waals surface area contributed by atoms with Gasteiger partial charge >= 0.3 is 5.97 Å². The number of methoxy groups -OCH3 is 1. The predicted molar refractivity (Wildman–Crippen MR) is 99.9 cm³/mol. The molecule has 0 amide bonds. The highest BCUT2D eigenvalue weighted by atomic mass is 32.1. The van der Waals surface area contributed by atoms with Crippen LogP contribution in [0.1, 0.15) is 43.1 Å². The zero-order valence-electron chi connectivity index (χ0n) is 15.5. The average Bonchev–Trinajstić information content (AvgIpc) is 3.26. The first-order valence-corrected chi connectivity index (χ1v) is 9.32. The van der Waals surface area contributed by atoms with Crippen LogP contribution >= 0.6 is 11.3 Å². The van der Waals surface area contributed by atoms with E-state index in [1.54, 1.807) is 17.5 Å². The van der Waals surface area contributed by atoms with Gasteiger partial charge in [-0.2, -0.15) is 0 Å². The lowest BCUT2D eigenvalue weighted by atomic mass is 10.2. The molecule has 0 fully saturated rings. The number of nitrogens with zero attached hydrogens (tertiary/aromatic N) is 5. The van der Waals surface area contributed by atoms with Gasteiger partial charge in [0.2, 0.25) is 0 Å². The Morgan fingerprint density at radius 1 is 1.42 bits per heavy atom. The highest BCUT2D eigenvalue weighted by Gasteiger charge is 2.08. The highest BCUT2D eigenvalue weighted by Crippen LogP contribution is 2.17. The summed E-state index contributed by atoms with van der Waals surface area (Å²) in [7, 11) is 1.34. The molecule has 0 saturated heterocycles. The number of guanidine groups is 1. The Balaban J connectivity index is 1.92. The number of aliphatic imine (C=N–C) groups is 1. The SMILES string of the molecule is CCNC(=NCc1cn(CC(=O)OC)nn1)NCc1nc(C(C)C)cs1. The van der Waals surface area contributed by atoms with Crippen LogP contribution in [0.4, 0.5) is 0 Å². The Bertz CT molecular complexity index is 739. The van der Waals surface area contributed by atoms with Crippen LogP contribution in [0.3, 0.4) is 0 Å². The second-order valence-corrected chi connectivity index (χ2v) is 6.80. The van der Waals surface area contributed by atoms with Crippen LogP contribution in [-0.4, -0.2) is 45.6 Å². The summed E-state index contributed by atoms with van der Waals surface area (Å²) in [5, 5.41) is 17.5. The molecule has 2 aromatic rings. The molecule has 0 spiro atoms. The fourth-order valence-corrected chi connectivity index (χ4v) is 2.91. The van der Waals surface area contributed by atoms with Crippen LogP contribution < -0.4 is 10.6 Å². The Labute approximate surface area is 156 Å². The van der Waals surface area contributed by atoms with E-state index in [4.69, 9.17) is 0 Å². The van der Waals surface area contributed by atoms with E-state index in [0.29, 0.717) is 30.7 Å². The number of carbonyl (C=O) groups is 1. The van der Waals surface area contributed by atoms with Gasteiger partial charge in [0, 0.05) is 11.9 Å². The number of hydrogen-bond acceptors (Lipinski definition) is 7.